The molecule has 0 bridgehead atoms. The van der Waals surface area contributed by atoms with E-state index in [-0.39, 0.29) is 12.5 Å². The van der Waals surface area contributed by atoms with Crippen LogP contribution in [0.1, 0.15) is 103 Å². The SMILES string of the molecule is CCCCCCC(O)CCCCCCCCCCC(=O)N(CC(=O)C(O)C(O)CO)CC(=O)C(O)C(O)CO. The van der Waals surface area contributed by atoms with Crippen molar-refractivity contribution in [2.45, 2.75) is 134 Å². The molecule has 230 valence electrons. The first-order valence-electron chi connectivity index (χ1n) is 14.5. The Balaban J connectivity index is 4.39. The lowest BCUT2D eigenvalue weighted by Gasteiger charge is -2.25. The van der Waals surface area contributed by atoms with Crippen LogP contribution >= 0.6 is 0 Å². The maximum atomic E-state index is 12.7. The molecule has 0 aromatic carbocycles. The maximum Gasteiger partial charge on any atom is 0.223 e. The van der Waals surface area contributed by atoms with Gasteiger partial charge in [-0.1, -0.05) is 77.6 Å². The number of amides is 1. The van der Waals surface area contributed by atoms with E-state index in [2.05, 4.69) is 6.92 Å². The van der Waals surface area contributed by atoms with Crippen molar-refractivity contribution >= 4 is 17.5 Å². The standard InChI is InChI=1S/C28H53NO10/c1-2-3-4-11-14-21(32)15-12-9-7-5-6-8-10-13-16-26(37)29(17-22(33)27(38)24(35)19-30)18-23(34)28(39)25(36)20-31/h21,24-25,27-28,30-32,35-36,38-39H,2-20H2,1H3. The number of carbonyl (C=O) groups is 3. The number of aliphatic hydroxyl groups excluding tert-OH is 7. The summed E-state index contributed by atoms with van der Waals surface area (Å²) in [5, 5.41) is 66.4. The molecule has 0 aliphatic rings. The molecule has 0 rings (SSSR count). The molecule has 0 aromatic rings. The molecule has 0 aliphatic carbocycles. The largest absolute Gasteiger partial charge is 0.394 e. The van der Waals surface area contributed by atoms with Gasteiger partial charge in [-0.2, -0.15) is 0 Å². The highest BCUT2D eigenvalue weighted by atomic mass is 16.4. The molecule has 0 aromatic heterocycles. The number of ketones is 2. The number of hydrogen-bond donors (Lipinski definition) is 7. The minimum Gasteiger partial charge on any atom is -0.394 e. The second-order valence-corrected chi connectivity index (χ2v) is 10.4. The van der Waals surface area contributed by atoms with Crippen LogP contribution < -0.4 is 0 Å². The summed E-state index contributed by atoms with van der Waals surface area (Å²) >= 11 is 0. The van der Waals surface area contributed by atoms with Crippen LogP contribution in [0.15, 0.2) is 0 Å². The molecule has 11 nitrogen and oxygen atoms in total. The molecule has 0 radical (unpaired) electrons. The van der Waals surface area contributed by atoms with E-state index in [1.54, 1.807) is 0 Å². The monoisotopic (exact) mass is 563 g/mol. The van der Waals surface area contributed by atoms with Gasteiger partial charge in [0.2, 0.25) is 5.91 Å². The third-order valence-electron chi connectivity index (χ3n) is 6.88. The summed E-state index contributed by atoms with van der Waals surface area (Å²) < 4.78 is 0. The minimum atomic E-state index is -1.96. The number of hydrogen-bond acceptors (Lipinski definition) is 10. The van der Waals surface area contributed by atoms with Crippen molar-refractivity contribution in [3.8, 4) is 0 Å². The average molecular weight is 564 g/mol. The van der Waals surface area contributed by atoms with Gasteiger partial charge in [-0.25, -0.2) is 0 Å². The normalized spacial score (nSPS) is 15.4. The average Bonchev–Trinajstić information content (AvgIpc) is 2.93. The van der Waals surface area contributed by atoms with Gasteiger partial charge < -0.3 is 40.6 Å². The quantitative estimate of drug-likeness (QED) is 0.0733. The van der Waals surface area contributed by atoms with E-state index >= 15 is 0 Å². The van der Waals surface area contributed by atoms with E-state index in [0.29, 0.717) is 6.42 Å². The van der Waals surface area contributed by atoms with Crippen LogP contribution in [-0.4, -0.2) is 115 Å². The molecule has 5 atom stereocenters. The smallest absolute Gasteiger partial charge is 0.223 e. The summed E-state index contributed by atoms with van der Waals surface area (Å²) in [7, 11) is 0. The van der Waals surface area contributed by atoms with Crippen LogP contribution in [0.5, 0.6) is 0 Å². The van der Waals surface area contributed by atoms with E-state index in [1.165, 1.54) is 19.3 Å². The molecule has 39 heavy (non-hydrogen) atoms. The molecule has 0 spiro atoms. The number of nitrogens with zero attached hydrogens (tertiary/aromatic N) is 1. The Morgan fingerprint density at radius 3 is 1.38 bits per heavy atom. The van der Waals surface area contributed by atoms with Gasteiger partial charge in [0.1, 0.15) is 24.4 Å². The summed E-state index contributed by atoms with van der Waals surface area (Å²) in [6.07, 6.45) is 6.27. The third kappa shape index (κ3) is 17.8. The molecule has 1 amide bonds. The summed E-state index contributed by atoms with van der Waals surface area (Å²) in [5.74, 6) is -2.54. The van der Waals surface area contributed by atoms with Crippen molar-refractivity contribution in [2.24, 2.45) is 0 Å². The van der Waals surface area contributed by atoms with Crippen LogP contribution in [-0.2, 0) is 14.4 Å². The van der Waals surface area contributed by atoms with Crippen molar-refractivity contribution in [3.05, 3.63) is 0 Å². The highest BCUT2D eigenvalue weighted by Gasteiger charge is 2.31. The highest BCUT2D eigenvalue weighted by molar-refractivity contribution is 5.93. The van der Waals surface area contributed by atoms with Gasteiger partial charge in [0.05, 0.1) is 32.4 Å². The van der Waals surface area contributed by atoms with Gasteiger partial charge in [-0.15, -0.1) is 0 Å². The Bertz CT molecular complexity index is 632. The van der Waals surface area contributed by atoms with Crippen molar-refractivity contribution < 1.29 is 50.1 Å². The zero-order valence-electron chi connectivity index (χ0n) is 23.6. The van der Waals surface area contributed by atoms with E-state index < -0.39 is 68.2 Å². The Morgan fingerprint density at radius 1 is 0.590 bits per heavy atom. The van der Waals surface area contributed by atoms with Crippen LogP contribution in [0.2, 0.25) is 0 Å². The zero-order valence-corrected chi connectivity index (χ0v) is 23.6. The Labute approximate surface area is 232 Å². The van der Waals surface area contributed by atoms with Gasteiger partial charge in [0.25, 0.3) is 0 Å². The highest BCUT2D eigenvalue weighted by Crippen LogP contribution is 2.15. The van der Waals surface area contributed by atoms with Crippen molar-refractivity contribution in [1.82, 2.24) is 4.90 Å². The Hall–Kier alpha value is -1.47. The first-order chi connectivity index (χ1) is 18.6. The lowest BCUT2D eigenvalue weighted by molar-refractivity contribution is -0.146. The molecular weight excluding hydrogens is 510 g/mol. The molecule has 0 aliphatic heterocycles. The fourth-order valence-corrected chi connectivity index (χ4v) is 4.25. The second kappa shape index (κ2) is 23.3. The van der Waals surface area contributed by atoms with Crippen molar-refractivity contribution in [1.29, 1.82) is 0 Å². The lowest BCUT2D eigenvalue weighted by Crippen LogP contribution is -2.49. The van der Waals surface area contributed by atoms with Gasteiger partial charge in [-0.05, 0) is 19.3 Å². The second-order valence-electron chi connectivity index (χ2n) is 10.4. The molecule has 11 heteroatoms. The predicted molar refractivity (Wildman–Crippen MR) is 146 cm³/mol. The molecule has 0 fully saturated rings. The van der Waals surface area contributed by atoms with Crippen LogP contribution in [0.3, 0.4) is 0 Å². The van der Waals surface area contributed by atoms with E-state index in [1.807, 2.05) is 0 Å². The topological polar surface area (TPSA) is 196 Å². The molecule has 5 unspecified atom stereocenters. The first-order valence-corrected chi connectivity index (χ1v) is 14.5. The summed E-state index contributed by atoms with van der Waals surface area (Å²) in [6, 6.07) is 0. The predicted octanol–water partition coefficient (Wildman–Crippen LogP) is 0.614. The Morgan fingerprint density at radius 2 is 0.974 bits per heavy atom. The fraction of sp³-hybridized carbons (Fsp3) is 0.893. The first kappa shape index (κ1) is 37.5. The summed E-state index contributed by atoms with van der Waals surface area (Å²) in [4.78, 5) is 38.0. The summed E-state index contributed by atoms with van der Waals surface area (Å²) in [6.45, 7) is -1.02. The number of Topliss-reactive ketones (excluding diaryl/α,β-unsaturated/α-hetero) is 2. The van der Waals surface area contributed by atoms with Crippen LogP contribution in [0.4, 0.5) is 0 Å². The minimum absolute atomic E-state index is 0.0218. The maximum absolute atomic E-state index is 12.7. The van der Waals surface area contributed by atoms with Crippen LogP contribution in [0.25, 0.3) is 0 Å². The van der Waals surface area contributed by atoms with Crippen molar-refractivity contribution in [2.75, 3.05) is 26.3 Å². The van der Waals surface area contributed by atoms with Gasteiger partial charge in [0, 0.05) is 6.42 Å². The third-order valence-corrected chi connectivity index (χ3v) is 6.88. The molecule has 0 saturated carbocycles. The number of unbranched alkanes of at least 4 members (excludes halogenated alkanes) is 10. The van der Waals surface area contributed by atoms with E-state index in [9.17, 15) is 39.9 Å². The molecule has 7 N–H and O–H groups in total. The number of carbonyl (C=O) groups excluding carboxylic acids is 3. The van der Waals surface area contributed by atoms with E-state index in [0.717, 1.165) is 69.1 Å². The fourth-order valence-electron chi connectivity index (χ4n) is 4.25. The van der Waals surface area contributed by atoms with Gasteiger partial charge in [-0.3, -0.25) is 14.4 Å². The van der Waals surface area contributed by atoms with Gasteiger partial charge >= 0.3 is 0 Å². The van der Waals surface area contributed by atoms with Crippen LogP contribution in [0, 0.1) is 0 Å². The molecule has 0 saturated heterocycles. The number of aliphatic hydroxyl groups is 7. The van der Waals surface area contributed by atoms with Gasteiger partial charge in [0.15, 0.2) is 11.6 Å². The Kier molecular flexibility index (Phi) is 22.4. The number of rotatable bonds is 26. The zero-order chi connectivity index (χ0) is 29.6. The molecular formula is C28H53NO10. The molecule has 0 heterocycles. The summed E-state index contributed by atoms with van der Waals surface area (Å²) in [5.41, 5.74) is 0. The van der Waals surface area contributed by atoms with E-state index in [4.69, 9.17) is 10.2 Å². The van der Waals surface area contributed by atoms with Crippen molar-refractivity contribution in [3.63, 3.8) is 0 Å². The lowest BCUT2D eigenvalue weighted by atomic mass is 10.0.